The minimum Gasteiger partial charge on any atom is -0.208 e. The van der Waals surface area contributed by atoms with Crippen LogP contribution in [0.5, 0.6) is 0 Å². The number of hydrogen-bond acceptors (Lipinski definition) is 0. The molecule has 0 saturated carbocycles. The molecule has 0 fully saturated rings. The fourth-order valence-electron chi connectivity index (χ4n) is 1.86. The van der Waals surface area contributed by atoms with E-state index in [0.717, 1.165) is 17.2 Å². The van der Waals surface area contributed by atoms with E-state index < -0.39 is 5.83 Å². The summed E-state index contributed by atoms with van der Waals surface area (Å²) in [6.07, 6.45) is 2.58. The van der Waals surface area contributed by atoms with Gasteiger partial charge in [0.1, 0.15) is 11.6 Å². The molecule has 0 aliphatic rings. The highest BCUT2D eigenvalue weighted by molar-refractivity contribution is 5.77. The van der Waals surface area contributed by atoms with Crippen LogP contribution < -0.4 is 0 Å². The lowest BCUT2D eigenvalue weighted by Crippen LogP contribution is -1.88. The second kappa shape index (κ2) is 6.11. The highest BCUT2D eigenvalue weighted by atomic mass is 19.1. The van der Waals surface area contributed by atoms with Gasteiger partial charge in [0.25, 0.3) is 0 Å². The maximum atomic E-state index is 13.8. The van der Waals surface area contributed by atoms with Crippen molar-refractivity contribution in [3.8, 4) is 11.1 Å². The molecule has 2 heteroatoms. The van der Waals surface area contributed by atoms with Gasteiger partial charge in [0, 0.05) is 5.56 Å². The van der Waals surface area contributed by atoms with Gasteiger partial charge in [0.05, 0.1) is 0 Å². The molecule has 0 aromatic heterocycles. The Bertz CT molecular complexity index is 667. The van der Waals surface area contributed by atoms with Gasteiger partial charge in [-0.05, 0) is 34.9 Å². The Morgan fingerprint density at radius 1 is 0.900 bits per heavy atom. The quantitative estimate of drug-likeness (QED) is 0.638. The van der Waals surface area contributed by atoms with Crippen molar-refractivity contribution in [2.24, 2.45) is 0 Å². The molecular weight excluding hydrogens is 254 g/mol. The van der Waals surface area contributed by atoms with Crippen LogP contribution in [0.1, 0.15) is 5.56 Å². The van der Waals surface area contributed by atoms with Crippen molar-refractivity contribution in [1.82, 2.24) is 0 Å². The van der Waals surface area contributed by atoms with Gasteiger partial charge in [0.15, 0.2) is 0 Å². The molecule has 0 aliphatic heterocycles. The molecule has 0 bridgehead atoms. The molecule has 0 heterocycles. The second-order valence-corrected chi connectivity index (χ2v) is 4.37. The lowest BCUT2D eigenvalue weighted by atomic mass is 9.99. The van der Waals surface area contributed by atoms with Crippen LogP contribution in [0.4, 0.5) is 8.78 Å². The van der Waals surface area contributed by atoms with Crippen molar-refractivity contribution in [2.75, 3.05) is 0 Å². The predicted molar refractivity (Wildman–Crippen MR) is 80.3 cm³/mol. The van der Waals surface area contributed by atoms with Gasteiger partial charge < -0.3 is 0 Å². The van der Waals surface area contributed by atoms with Crippen LogP contribution in [-0.4, -0.2) is 0 Å². The number of hydrogen-bond donors (Lipinski definition) is 0. The summed E-state index contributed by atoms with van der Waals surface area (Å²) in [4.78, 5) is 0. The number of halogens is 2. The minimum atomic E-state index is -0.592. The first-order valence-corrected chi connectivity index (χ1v) is 6.14. The number of benzene rings is 2. The van der Waals surface area contributed by atoms with Crippen molar-refractivity contribution < 1.29 is 8.78 Å². The highest BCUT2D eigenvalue weighted by Gasteiger charge is 2.06. The third kappa shape index (κ3) is 3.29. The zero-order valence-corrected chi connectivity index (χ0v) is 10.9. The Morgan fingerprint density at radius 3 is 2.25 bits per heavy atom. The summed E-state index contributed by atoms with van der Waals surface area (Å²) in [5.74, 6) is -0.977. The SMILES string of the molecule is C=C(F)/C=C\C(=C)c1cc(-c2ccccc2)ccc1F. The fraction of sp³-hybridized carbons (Fsp3) is 0. The van der Waals surface area contributed by atoms with Crippen molar-refractivity contribution in [1.29, 1.82) is 0 Å². The van der Waals surface area contributed by atoms with Crippen LogP contribution in [0.15, 0.2) is 79.7 Å². The second-order valence-electron chi connectivity index (χ2n) is 4.37. The summed E-state index contributed by atoms with van der Waals surface area (Å²) < 4.78 is 26.5. The Balaban J connectivity index is 2.39. The summed E-state index contributed by atoms with van der Waals surface area (Å²) in [5, 5.41) is 0. The Hall–Kier alpha value is -2.48. The van der Waals surface area contributed by atoms with Crippen LogP contribution in [0, 0.1) is 5.82 Å². The normalized spacial score (nSPS) is 10.7. The van der Waals surface area contributed by atoms with Crippen molar-refractivity contribution in [2.45, 2.75) is 0 Å². The van der Waals surface area contributed by atoms with Crippen LogP contribution in [0.3, 0.4) is 0 Å². The maximum Gasteiger partial charge on any atom is 0.131 e. The molecule has 0 radical (unpaired) electrons. The molecule has 2 aromatic rings. The van der Waals surface area contributed by atoms with Gasteiger partial charge in [-0.1, -0.05) is 55.6 Å². The van der Waals surface area contributed by atoms with Crippen molar-refractivity contribution in [3.63, 3.8) is 0 Å². The van der Waals surface area contributed by atoms with Crippen molar-refractivity contribution in [3.05, 3.63) is 91.0 Å². The molecule has 0 N–H and O–H groups in total. The third-order valence-corrected chi connectivity index (χ3v) is 2.88. The van der Waals surface area contributed by atoms with Gasteiger partial charge in [-0.25, -0.2) is 8.78 Å². The zero-order valence-electron chi connectivity index (χ0n) is 10.9. The summed E-state index contributed by atoms with van der Waals surface area (Å²) >= 11 is 0. The molecule has 0 aliphatic carbocycles. The molecular formula is C18H14F2. The van der Waals surface area contributed by atoms with Crippen LogP contribution in [0.25, 0.3) is 16.7 Å². The maximum absolute atomic E-state index is 13.8. The fourth-order valence-corrected chi connectivity index (χ4v) is 1.86. The van der Waals surface area contributed by atoms with E-state index in [4.69, 9.17) is 0 Å². The van der Waals surface area contributed by atoms with E-state index in [0.29, 0.717) is 11.1 Å². The first-order valence-electron chi connectivity index (χ1n) is 6.14. The number of allylic oxidation sites excluding steroid dienone is 4. The monoisotopic (exact) mass is 268 g/mol. The Kier molecular flexibility index (Phi) is 4.26. The summed E-state index contributed by atoms with van der Waals surface area (Å²) in [7, 11) is 0. The summed E-state index contributed by atoms with van der Waals surface area (Å²) in [5.41, 5.74) is 2.62. The number of rotatable bonds is 4. The van der Waals surface area contributed by atoms with E-state index in [1.807, 2.05) is 30.3 Å². The lowest BCUT2D eigenvalue weighted by molar-refractivity contribution is 0.624. The van der Waals surface area contributed by atoms with Crippen molar-refractivity contribution >= 4 is 5.57 Å². The average Bonchev–Trinajstić information content (AvgIpc) is 2.46. The molecule has 0 amide bonds. The topological polar surface area (TPSA) is 0 Å². The van der Waals surface area contributed by atoms with E-state index >= 15 is 0 Å². The van der Waals surface area contributed by atoms with Crippen LogP contribution in [-0.2, 0) is 0 Å². The molecule has 0 unspecified atom stereocenters. The van der Waals surface area contributed by atoms with Gasteiger partial charge in [0.2, 0.25) is 0 Å². The molecule has 0 spiro atoms. The van der Waals surface area contributed by atoms with Gasteiger partial charge in [-0.15, -0.1) is 0 Å². The van der Waals surface area contributed by atoms with Crippen LogP contribution in [0.2, 0.25) is 0 Å². The van der Waals surface area contributed by atoms with E-state index in [9.17, 15) is 8.78 Å². The van der Waals surface area contributed by atoms with E-state index in [1.54, 1.807) is 12.1 Å². The van der Waals surface area contributed by atoms with Crippen LogP contribution >= 0.6 is 0 Å². The van der Waals surface area contributed by atoms with Gasteiger partial charge in [-0.2, -0.15) is 0 Å². The van der Waals surface area contributed by atoms with Gasteiger partial charge >= 0.3 is 0 Å². The summed E-state index contributed by atoms with van der Waals surface area (Å²) in [6.45, 7) is 6.88. The molecule has 0 atom stereocenters. The molecule has 0 nitrogen and oxygen atoms in total. The molecule has 2 rings (SSSR count). The third-order valence-electron chi connectivity index (χ3n) is 2.88. The highest BCUT2D eigenvalue weighted by Crippen LogP contribution is 2.26. The molecule has 2 aromatic carbocycles. The first kappa shape index (κ1) is 13.9. The smallest absolute Gasteiger partial charge is 0.131 e. The zero-order chi connectivity index (χ0) is 14.5. The lowest BCUT2D eigenvalue weighted by Gasteiger charge is -2.07. The molecule has 0 saturated heterocycles. The Morgan fingerprint density at radius 2 is 1.60 bits per heavy atom. The largest absolute Gasteiger partial charge is 0.208 e. The summed E-state index contributed by atoms with van der Waals surface area (Å²) in [6, 6.07) is 14.4. The molecule has 100 valence electrons. The van der Waals surface area contributed by atoms with E-state index in [-0.39, 0.29) is 5.82 Å². The van der Waals surface area contributed by atoms with E-state index in [1.165, 1.54) is 12.1 Å². The molecule has 20 heavy (non-hydrogen) atoms. The van der Waals surface area contributed by atoms with E-state index in [2.05, 4.69) is 13.2 Å². The average molecular weight is 268 g/mol. The Labute approximate surface area is 117 Å². The van der Waals surface area contributed by atoms with Gasteiger partial charge in [-0.3, -0.25) is 0 Å². The minimum absolute atomic E-state index is 0.351. The first-order chi connectivity index (χ1) is 9.58. The predicted octanol–water partition coefficient (Wildman–Crippen LogP) is 5.55. The standard InChI is InChI=1S/C18H14F2/c1-13(8-9-14(2)19)17-12-16(10-11-18(17)20)15-6-4-3-5-7-15/h3-12H,1-2H2/b9-8-.